The average Bonchev–Trinajstić information content (AvgIpc) is 2.51. The minimum absolute atomic E-state index is 0.0335. The van der Waals surface area contributed by atoms with Crippen LogP contribution in [-0.4, -0.2) is 35.3 Å². The molecule has 1 rings (SSSR count). The Labute approximate surface area is 94.5 Å². The molecule has 0 bridgehead atoms. The van der Waals surface area contributed by atoms with Crippen molar-refractivity contribution in [2.45, 2.75) is 26.3 Å². The fourth-order valence-electron chi connectivity index (χ4n) is 1.41. The number of nitrogens with one attached hydrogen (secondary N) is 1. The molecule has 0 aliphatic rings. The lowest BCUT2D eigenvalue weighted by molar-refractivity contribution is -0.120. The molecule has 0 aromatic carbocycles. The Balaban J connectivity index is 2.62. The van der Waals surface area contributed by atoms with Crippen molar-refractivity contribution in [3.05, 3.63) is 11.8 Å². The molecular weight excluding hydrogens is 210 g/mol. The van der Waals surface area contributed by atoms with E-state index in [1.807, 2.05) is 38.9 Å². The Morgan fingerprint density at radius 3 is 2.73 bits per heavy atom. The van der Waals surface area contributed by atoms with Crippen LogP contribution in [0.5, 0.6) is 0 Å². The third kappa shape index (κ3) is 3.28. The zero-order valence-corrected chi connectivity index (χ0v) is 10.4. The summed E-state index contributed by atoms with van der Waals surface area (Å²) in [5.74, 6) is 0.0335. The summed E-state index contributed by atoms with van der Waals surface area (Å²) in [6, 6.07) is 1.80. The van der Waals surface area contributed by atoms with Gasteiger partial charge in [-0.2, -0.15) is 4.37 Å². The van der Waals surface area contributed by atoms with Gasteiger partial charge in [0, 0.05) is 0 Å². The lowest BCUT2D eigenvalue weighted by atomic mass is 10.2. The molecule has 1 aromatic rings. The third-order valence-corrected chi connectivity index (χ3v) is 2.98. The molecule has 0 fully saturated rings. The summed E-state index contributed by atoms with van der Waals surface area (Å²) in [6.45, 7) is 3.91. The van der Waals surface area contributed by atoms with Crippen molar-refractivity contribution in [3.8, 4) is 0 Å². The number of nitrogens with zero attached hydrogens (tertiary/aromatic N) is 2. The number of anilines is 1. The minimum atomic E-state index is -0.0765. The van der Waals surface area contributed by atoms with E-state index in [0.717, 1.165) is 17.1 Å². The molecule has 1 aromatic heterocycles. The first-order chi connectivity index (χ1) is 7.04. The van der Waals surface area contributed by atoms with E-state index in [0.29, 0.717) is 0 Å². The average molecular weight is 227 g/mol. The van der Waals surface area contributed by atoms with Crippen molar-refractivity contribution < 1.29 is 4.79 Å². The molecule has 5 heteroatoms. The first-order valence-electron chi connectivity index (χ1n) is 4.95. The van der Waals surface area contributed by atoms with Gasteiger partial charge in [0.1, 0.15) is 5.00 Å². The van der Waals surface area contributed by atoms with Gasteiger partial charge in [0.2, 0.25) is 5.91 Å². The van der Waals surface area contributed by atoms with Gasteiger partial charge < -0.3 is 5.32 Å². The Morgan fingerprint density at radius 1 is 1.67 bits per heavy atom. The SMILES string of the molecule is CC[C@@H](C(=O)Nc1cc(C)ns1)N(C)C. The van der Waals surface area contributed by atoms with E-state index >= 15 is 0 Å². The number of carbonyl (C=O) groups excluding carboxylic acids is 1. The van der Waals surface area contributed by atoms with E-state index in [1.54, 1.807) is 0 Å². The maximum absolute atomic E-state index is 11.8. The predicted molar refractivity (Wildman–Crippen MR) is 63.2 cm³/mol. The highest BCUT2D eigenvalue weighted by molar-refractivity contribution is 7.10. The lowest BCUT2D eigenvalue weighted by Crippen LogP contribution is -2.38. The summed E-state index contributed by atoms with van der Waals surface area (Å²) < 4.78 is 4.11. The van der Waals surface area contributed by atoms with Crippen LogP contribution in [0.3, 0.4) is 0 Å². The molecule has 1 heterocycles. The highest BCUT2D eigenvalue weighted by Crippen LogP contribution is 2.16. The number of aromatic nitrogens is 1. The first kappa shape index (κ1) is 12.1. The molecule has 0 radical (unpaired) electrons. The molecule has 0 unspecified atom stereocenters. The molecule has 1 N–H and O–H groups in total. The largest absolute Gasteiger partial charge is 0.315 e. The van der Waals surface area contributed by atoms with E-state index in [-0.39, 0.29) is 11.9 Å². The molecule has 84 valence electrons. The molecular formula is C10H17N3OS. The van der Waals surface area contributed by atoms with Gasteiger partial charge in [0.25, 0.3) is 0 Å². The van der Waals surface area contributed by atoms with Crippen molar-refractivity contribution in [2.24, 2.45) is 0 Å². The van der Waals surface area contributed by atoms with Crippen molar-refractivity contribution in [3.63, 3.8) is 0 Å². The normalized spacial score (nSPS) is 12.9. The molecule has 0 saturated carbocycles. The van der Waals surface area contributed by atoms with Gasteiger partial charge in [0.05, 0.1) is 11.7 Å². The third-order valence-electron chi connectivity index (χ3n) is 2.19. The van der Waals surface area contributed by atoms with E-state index in [1.165, 1.54) is 11.5 Å². The summed E-state index contributed by atoms with van der Waals surface area (Å²) in [6.07, 6.45) is 0.802. The lowest BCUT2D eigenvalue weighted by Gasteiger charge is -2.21. The number of rotatable bonds is 4. The number of hydrogen-bond donors (Lipinski definition) is 1. The van der Waals surface area contributed by atoms with Gasteiger partial charge in [0.15, 0.2) is 0 Å². The molecule has 0 aliphatic heterocycles. The number of aryl methyl sites for hydroxylation is 1. The van der Waals surface area contributed by atoms with Crippen molar-refractivity contribution >= 4 is 22.4 Å². The molecule has 1 atom stereocenters. The van der Waals surface area contributed by atoms with Crippen LogP contribution in [0.15, 0.2) is 6.07 Å². The van der Waals surface area contributed by atoms with Gasteiger partial charge in [-0.25, -0.2) is 0 Å². The standard InChI is InChI=1S/C10H17N3OS/c1-5-8(13(3)4)10(14)11-9-6-7(2)12-15-9/h6,8H,5H2,1-4H3,(H,11,14)/t8-/m0/s1. The van der Waals surface area contributed by atoms with Crippen molar-refractivity contribution in [1.29, 1.82) is 0 Å². The quantitative estimate of drug-likeness (QED) is 0.852. The van der Waals surface area contributed by atoms with Crippen LogP contribution in [0.2, 0.25) is 0 Å². The summed E-state index contributed by atoms with van der Waals surface area (Å²) >= 11 is 1.32. The maximum atomic E-state index is 11.8. The molecule has 0 aliphatic carbocycles. The fraction of sp³-hybridized carbons (Fsp3) is 0.600. The maximum Gasteiger partial charge on any atom is 0.242 e. The van der Waals surface area contributed by atoms with E-state index in [9.17, 15) is 4.79 Å². The first-order valence-corrected chi connectivity index (χ1v) is 5.72. The van der Waals surface area contributed by atoms with Crippen LogP contribution in [0, 0.1) is 6.92 Å². The van der Waals surface area contributed by atoms with Gasteiger partial charge in [-0.3, -0.25) is 9.69 Å². The zero-order valence-electron chi connectivity index (χ0n) is 9.57. The molecule has 4 nitrogen and oxygen atoms in total. The Kier molecular flexibility index (Phi) is 4.23. The second kappa shape index (κ2) is 5.23. The zero-order chi connectivity index (χ0) is 11.4. The van der Waals surface area contributed by atoms with E-state index < -0.39 is 0 Å². The van der Waals surface area contributed by atoms with Gasteiger partial charge in [-0.1, -0.05) is 6.92 Å². The highest BCUT2D eigenvalue weighted by Gasteiger charge is 2.18. The monoisotopic (exact) mass is 227 g/mol. The number of likely N-dealkylation sites (N-methyl/N-ethyl adjacent to an activating group) is 1. The molecule has 0 saturated heterocycles. The Morgan fingerprint density at radius 2 is 2.33 bits per heavy atom. The van der Waals surface area contributed by atoms with Crippen LogP contribution in [0.1, 0.15) is 19.0 Å². The molecule has 1 amide bonds. The Hall–Kier alpha value is -0.940. The second-order valence-electron chi connectivity index (χ2n) is 3.71. The predicted octanol–water partition coefficient (Wildman–Crippen LogP) is 1.73. The van der Waals surface area contributed by atoms with E-state index in [2.05, 4.69) is 9.69 Å². The van der Waals surface area contributed by atoms with E-state index in [4.69, 9.17) is 0 Å². The molecule has 0 spiro atoms. The van der Waals surface area contributed by atoms with Crippen LogP contribution in [0.4, 0.5) is 5.00 Å². The summed E-state index contributed by atoms with van der Waals surface area (Å²) in [5, 5.41) is 3.69. The number of amides is 1. The van der Waals surface area contributed by atoms with Crippen LogP contribution < -0.4 is 5.32 Å². The Bertz CT molecular complexity index is 335. The number of hydrogen-bond acceptors (Lipinski definition) is 4. The summed E-state index contributed by atoms with van der Waals surface area (Å²) in [5.41, 5.74) is 0.938. The smallest absolute Gasteiger partial charge is 0.242 e. The second-order valence-corrected chi connectivity index (χ2v) is 4.51. The van der Waals surface area contributed by atoms with Crippen molar-refractivity contribution in [2.75, 3.05) is 19.4 Å². The van der Waals surface area contributed by atoms with Gasteiger partial charge in [-0.05, 0) is 45.0 Å². The fourth-order valence-corrected chi connectivity index (χ4v) is 2.08. The highest BCUT2D eigenvalue weighted by atomic mass is 32.1. The van der Waals surface area contributed by atoms with Crippen LogP contribution in [0.25, 0.3) is 0 Å². The summed E-state index contributed by atoms with van der Waals surface area (Å²) in [4.78, 5) is 13.7. The minimum Gasteiger partial charge on any atom is -0.315 e. The number of carbonyl (C=O) groups is 1. The summed E-state index contributed by atoms with van der Waals surface area (Å²) in [7, 11) is 3.82. The topological polar surface area (TPSA) is 45.2 Å². The van der Waals surface area contributed by atoms with Gasteiger partial charge in [-0.15, -0.1) is 0 Å². The van der Waals surface area contributed by atoms with Gasteiger partial charge >= 0.3 is 0 Å². The molecule has 15 heavy (non-hydrogen) atoms. The van der Waals surface area contributed by atoms with Crippen molar-refractivity contribution in [1.82, 2.24) is 9.27 Å². The van der Waals surface area contributed by atoms with Crippen LogP contribution >= 0.6 is 11.5 Å². The van der Waals surface area contributed by atoms with Crippen LogP contribution in [-0.2, 0) is 4.79 Å².